The van der Waals surface area contributed by atoms with E-state index in [4.69, 9.17) is 9.47 Å². The highest BCUT2D eigenvalue weighted by atomic mass is 16.6. The lowest BCUT2D eigenvalue weighted by molar-refractivity contribution is -0.149. The van der Waals surface area contributed by atoms with Gasteiger partial charge in [-0.05, 0) is 33.1 Å². The van der Waals surface area contributed by atoms with Crippen molar-refractivity contribution in [3.63, 3.8) is 0 Å². The van der Waals surface area contributed by atoms with E-state index in [1.807, 2.05) is 20.8 Å². The van der Waals surface area contributed by atoms with Crippen molar-refractivity contribution in [1.29, 1.82) is 0 Å². The molecule has 1 fully saturated rings. The zero-order chi connectivity index (χ0) is 28.1. The van der Waals surface area contributed by atoms with Crippen molar-refractivity contribution in [1.82, 2.24) is 21.3 Å². The molecule has 1 saturated heterocycles. The van der Waals surface area contributed by atoms with E-state index in [1.54, 1.807) is 20.8 Å². The lowest BCUT2D eigenvalue weighted by Crippen LogP contribution is -2.58. The zero-order valence-corrected chi connectivity index (χ0v) is 22.8. The summed E-state index contributed by atoms with van der Waals surface area (Å²) in [6, 6.07) is -2.27. The highest BCUT2D eigenvalue weighted by molar-refractivity contribution is 5.88. The molecule has 0 spiro atoms. The Labute approximate surface area is 219 Å². The van der Waals surface area contributed by atoms with Crippen molar-refractivity contribution in [3.8, 4) is 0 Å². The Morgan fingerprint density at radius 2 is 1.73 bits per heavy atom. The summed E-state index contributed by atoms with van der Waals surface area (Å²) in [5, 5.41) is 21.5. The Kier molecular flexibility index (Phi) is 14.1. The van der Waals surface area contributed by atoms with Gasteiger partial charge in [-0.15, -0.1) is 0 Å². The number of cyclic esters (lactones) is 1. The maximum atomic E-state index is 12.5. The van der Waals surface area contributed by atoms with Gasteiger partial charge in [0.1, 0.15) is 18.4 Å². The van der Waals surface area contributed by atoms with E-state index in [-0.39, 0.29) is 55.7 Å². The molecule has 37 heavy (non-hydrogen) atoms. The van der Waals surface area contributed by atoms with Crippen molar-refractivity contribution in [2.75, 3.05) is 6.54 Å². The van der Waals surface area contributed by atoms with Crippen molar-refractivity contribution in [2.45, 2.75) is 117 Å². The highest BCUT2D eigenvalue weighted by Gasteiger charge is 2.35. The molecule has 12 heteroatoms. The Hall–Kier alpha value is -2.73. The fourth-order valence-electron chi connectivity index (χ4n) is 3.64. The van der Waals surface area contributed by atoms with Crippen LogP contribution in [0.1, 0.15) is 80.1 Å². The smallest absolute Gasteiger partial charge is 0.329 e. The first-order valence-corrected chi connectivity index (χ1v) is 13.1. The molecule has 0 aliphatic carbocycles. The maximum Gasteiger partial charge on any atom is 0.329 e. The molecule has 12 nitrogen and oxygen atoms in total. The number of aliphatic hydroxyl groups is 1. The molecule has 0 aromatic heterocycles. The van der Waals surface area contributed by atoms with Gasteiger partial charge in [-0.1, -0.05) is 27.2 Å². The van der Waals surface area contributed by atoms with Crippen LogP contribution in [-0.4, -0.2) is 77.9 Å². The minimum Gasteiger partial charge on any atom is -0.463 e. The summed E-state index contributed by atoms with van der Waals surface area (Å²) >= 11 is 0. The standard InChI is InChI=1S/C25H44N4O8/c1-7-14(3)22(24(34)27-17(6)23(33)28-18-13-16(5)37-25(18)35)29-20(31)11-12-26-19(30)9-10-21(32)36-15(4)8-2/h14-18,22,24,27,34H,7-13H2,1-6H3,(H,26,30)(H,28,33)(H,29,31). The summed E-state index contributed by atoms with van der Waals surface area (Å²) in [4.78, 5) is 60.4. The van der Waals surface area contributed by atoms with E-state index < -0.39 is 42.2 Å². The second-order valence-electron chi connectivity index (χ2n) is 9.67. The fourth-order valence-corrected chi connectivity index (χ4v) is 3.64. The van der Waals surface area contributed by atoms with Crippen LogP contribution in [-0.2, 0) is 33.4 Å². The van der Waals surface area contributed by atoms with Gasteiger partial charge in [-0.2, -0.15) is 0 Å². The van der Waals surface area contributed by atoms with Gasteiger partial charge in [-0.3, -0.25) is 24.5 Å². The first-order valence-electron chi connectivity index (χ1n) is 13.1. The van der Waals surface area contributed by atoms with Crippen molar-refractivity contribution in [3.05, 3.63) is 0 Å². The molecule has 0 saturated carbocycles. The zero-order valence-electron chi connectivity index (χ0n) is 22.8. The van der Waals surface area contributed by atoms with Crippen LogP contribution in [0.5, 0.6) is 0 Å². The number of rotatable bonds is 16. The van der Waals surface area contributed by atoms with Gasteiger partial charge >= 0.3 is 11.9 Å². The van der Waals surface area contributed by atoms with Gasteiger partial charge < -0.3 is 30.5 Å². The van der Waals surface area contributed by atoms with Crippen molar-refractivity contribution >= 4 is 29.7 Å². The quantitative estimate of drug-likeness (QED) is 0.139. The number of amides is 3. The van der Waals surface area contributed by atoms with Gasteiger partial charge in [0, 0.05) is 25.8 Å². The van der Waals surface area contributed by atoms with E-state index in [2.05, 4.69) is 21.3 Å². The maximum absolute atomic E-state index is 12.5. The Bertz CT molecular complexity index is 793. The molecule has 7 atom stereocenters. The van der Waals surface area contributed by atoms with Crippen LogP contribution in [0.2, 0.25) is 0 Å². The molecular weight excluding hydrogens is 484 g/mol. The number of aliphatic hydroxyl groups excluding tert-OH is 1. The van der Waals surface area contributed by atoms with E-state index in [0.717, 1.165) is 0 Å². The van der Waals surface area contributed by atoms with Crippen LogP contribution in [0.4, 0.5) is 0 Å². The number of hydrogen-bond donors (Lipinski definition) is 5. The molecule has 7 unspecified atom stereocenters. The van der Waals surface area contributed by atoms with E-state index in [9.17, 15) is 29.1 Å². The van der Waals surface area contributed by atoms with Crippen molar-refractivity contribution in [2.24, 2.45) is 5.92 Å². The van der Waals surface area contributed by atoms with Gasteiger partial charge in [0.25, 0.3) is 0 Å². The molecule has 1 heterocycles. The third kappa shape index (κ3) is 11.9. The molecule has 0 bridgehead atoms. The predicted molar refractivity (Wildman–Crippen MR) is 135 cm³/mol. The summed E-state index contributed by atoms with van der Waals surface area (Å²) in [6.07, 6.45) is -0.0838. The van der Waals surface area contributed by atoms with Gasteiger partial charge in [0.2, 0.25) is 17.7 Å². The predicted octanol–water partition coefficient (Wildman–Crippen LogP) is 0.262. The van der Waals surface area contributed by atoms with Crippen LogP contribution < -0.4 is 21.3 Å². The number of hydrogen-bond acceptors (Lipinski definition) is 9. The molecule has 3 amide bonds. The molecule has 0 aromatic rings. The third-order valence-corrected chi connectivity index (χ3v) is 6.36. The SMILES string of the molecule is CCC(C)OC(=O)CCC(=O)NCCC(=O)NC(C(C)CC)C(O)NC(C)C(=O)NC1CC(C)OC1=O. The number of nitrogens with one attached hydrogen (secondary N) is 4. The van der Waals surface area contributed by atoms with Crippen LogP contribution in [0.3, 0.4) is 0 Å². The topological polar surface area (TPSA) is 172 Å². The molecule has 1 aliphatic rings. The first kappa shape index (κ1) is 32.3. The minimum atomic E-state index is -1.24. The molecule has 5 N–H and O–H groups in total. The van der Waals surface area contributed by atoms with Gasteiger partial charge in [0.05, 0.1) is 24.6 Å². The van der Waals surface area contributed by atoms with Gasteiger partial charge in [-0.25, -0.2) is 4.79 Å². The molecular formula is C25H44N4O8. The first-order chi connectivity index (χ1) is 17.4. The normalized spacial score (nSPS) is 21.1. The summed E-state index contributed by atoms with van der Waals surface area (Å²) in [5.74, 6) is -2.28. The number of carbonyl (C=O) groups excluding carboxylic acids is 5. The fraction of sp³-hybridized carbons (Fsp3) is 0.800. The minimum absolute atomic E-state index is 0.0271. The molecule has 0 radical (unpaired) electrons. The largest absolute Gasteiger partial charge is 0.463 e. The third-order valence-electron chi connectivity index (χ3n) is 6.36. The summed E-state index contributed by atoms with van der Waals surface area (Å²) in [5.41, 5.74) is 0. The average Bonchev–Trinajstić information content (AvgIpc) is 3.16. The summed E-state index contributed by atoms with van der Waals surface area (Å²) in [6.45, 7) is 10.8. The van der Waals surface area contributed by atoms with E-state index >= 15 is 0 Å². The number of esters is 2. The average molecular weight is 529 g/mol. The van der Waals surface area contributed by atoms with Crippen LogP contribution >= 0.6 is 0 Å². The van der Waals surface area contributed by atoms with Gasteiger partial charge in [0.15, 0.2) is 0 Å². The Morgan fingerprint density at radius 1 is 1.05 bits per heavy atom. The Balaban J connectivity index is 2.48. The molecule has 212 valence electrons. The summed E-state index contributed by atoms with van der Waals surface area (Å²) < 4.78 is 10.2. The van der Waals surface area contributed by atoms with Crippen LogP contribution in [0, 0.1) is 5.92 Å². The Morgan fingerprint density at radius 3 is 2.30 bits per heavy atom. The van der Waals surface area contributed by atoms with Crippen molar-refractivity contribution < 1.29 is 38.6 Å². The molecule has 1 rings (SSSR count). The monoisotopic (exact) mass is 528 g/mol. The second kappa shape index (κ2) is 16.2. The van der Waals surface area contributed by atoms with Crippen LogP contribution in [0.25, 0.3) is 0 Å². The second-order valence-corrected chi connectivity index (χ2v) is 9.67. The van der Waals surface area contributed by atoms with E-state index in [1.165, 1.54) is 0 Å². The van der Waals surface area contributed by atoms with Crippen LogP contribution in [0.15, 0.2) is 0 Å². The molecule has 0 aromatic carbocycles. The number of carbonyl (C=O) groups is 5. The lowest BCUT2D eigenvalue weighted by Gasteiger charge is -2.31. The number of ether oxygens (including phenoxy) is 2. The van der Waals surface area contributed by atoms with E-state index in [0.29, 0.717) is 19.3 Å². The molecule has 1 aliphatic heterocycles. The highest BCUT2D eigenvalue weighted by Crippen LogP contribution is 2.15. The lowest BCUT2D eigenvalue weighted by atomic mass is 9.97. The summed E-state index contributed by atoms with van der Waals surface area (Å²) in [7, 11) is 0.